The largest absolute Gasteiger partial charge is 0.494 e. The lowest BCUT2D eigenvalue weighted by Gasteiger charge is -2.13. The third kappa shape index (κ3) is 3.06. The summed E-state index contributed by atoms with van der Waals surface area (Å²) in [4.78, 5) is 12.9. The molecule has 2 heterocycles. The van der Waals surface area contributed by atoms with Crippen LogP contribution in [0.25, 0.3) is 11.5 Å². The number of aromatic nitrogens is 2. The fourth-order valence-electron chi connectivity index (χ4n) is 1.85. The molecule has 3 rings (SSSR count). The van der Waals surface area contributed by atoms with E-state index in [2.05, 4.69) is 15.5 Å². The van der Waals surface area contributed by atoms with E-state index in [4.69, 9.17) is 13.9 Å². The first-order valence-electron chi connectivity index (χ1n) is 6.51. The molecule has 1 aliphatic heterocycles. The molecule has 0 unspecified atom stereocenters. The van der Waals surface area contributed by atoms with Gasteiger partial charge in [0.25, 0.3) is 11.8 Å². The quantitative estimate of drug-likeness (QED) is 0.865. The highest BCUT2D eigenvalue weighted by molar-refractivity contribution is 7.98. The molecule has 0 fully saturated rings. The average molecular weight is 319 g/mol. The van der Waals surface area contributed by atoms with Gasteiger partial charge in [-0.25, -0.2) is 0 Å². The average Bonchev–Trinajstić information content (AvgIpc) is 3.04. The summed E-state index contributed by atoms with van der Waals surface area (Å²) < 4.78 is 15.7. The maximum atomic E-state index is 11.9. The van der Waals surface area contributed by atoms with Crippen molar-refractivity contribution in [3.8, 4) is 11.5 Å². The van der Waals surface area contributed by atoms with Crippen molar-refractivity contribution in [1.29, 1.82) is 0 Å². The molecule has 0 aliphatic carbocycles. The number of carbonyl (C=O) groups is 1. The van der Waals surface area contributed by atoms with E-state index in [9.17, 15) is 4.79 Å². The molecule has 7 nitrogen and oxygen atoms in total. The highest BCUT2D eigenvalue weighted by Gasteiger charge is 2.19. The maximum absolute atomic E-state index is 11.9. The van der Waals surface area contributed by atoms with Gasteiger partial charge in [-0.3, -0.25) is 10.1 Å². The van der Waals surface area contributed by atoms with Gasteiger partial charge in [-0.05, 0) is 18.4 Å². The number of rotatable bonds is 4. The Morgan fingerprint density at radius 1 is 1.27 bits per heavy atom. The molecule has 1 amide bonds. The van der Waals surface area contributed by atoms with Crippen LogP contribution in [0.15, 0.2) is 45.6 Å². The number of hydrogen-bond acceptors (Lipinski definition) is 7. The molecule has 0 saturated heterocycles. The molecule has 0 saturated carbocycles. The maximum Gasteiger partial charge on any atom is 0.322 e. The lowest BCUT2D eigenvalue weighted by atomic mass is 10.2. The van der Waals surface area contributed by atoms with Crippen molar-refractivity contribution in [3.63, 3.8) is 0 Å². The summed E-state index contributed by atoms with van der Waals surface area (Å²) in [5, 5.41) is 10.3. The van der Waals surface area contributed by atoms with Gasteiger partial charge in [0.05, 0.1) is 5.56 Å². The number of anilines is 1. The van der Waals surface area contributed by atoms with E-state index >= 15 is 0 Å². The highest BCUT2D eigenvalue weighted by atomic mass is 32.2. The van der Waals surface area contributed by atoms with Gasteiger partial charge in [-0.1, -0.05) is 17.2 Å². The predicted molar refractivity (Wildman–Crippen MR) is 80.1 cm³/mol. The van der Waals surface area contributed by atoms with Crippen LogP contribution in [0.5, 0.6) is 0 Å². The molecule has 114 valence electrons. The summed E-state index contributed by atoms with van der Waals surface area (Å²) in [6.45, 7) is 0.752. The van der Waals surface area contributed by atoms with Crippen molar-refractivity contribution in [1.82, 2.24) is 10.2 Å². The van der Waals surface area contributed by atoms with Gasteiger partial charge in [0, 0.05) is 4.90 Å². The van der Waals surface area contributed by atoms with Gasteiger partial charge >= 0.3 is 6.01 Å². The number of nitrogens with zero attached hydrogens (tertiary/aromatic N) is 2. The molecular formula is C14H13N3O4S. The molecule has 0 atom stereocenters. The molecule has 2 aromatic rings. The summed E-state index contributed by atoms with van der Waals surface area (Å²) in [6, 6.07) is 7.66. The number of amides is 1. The summed E-state index contributed by atoms with van der Waals surface area (Å²) in [5.41, 5.74) is 0.819. The van der Waals surface area contributed by atoms with E-state index in [0.29, 0.717) is 19.1 Å². The second-order valence-electron chi connectivity index (χ2n) is 4.27. The first kappa shape index (κ1) is 14.5. The zero-order valence-electron chi connectivity index (χ0n) is 11.7. The molecular weight excluding hydrogens is 306 g/mol. The van der Waals surface area contributed by atoms with Crippen LogP contribution in [0, 0.1) is 0 Å². The van der Waals surface area contributed by atoms with Crippen LogP contribution in [0.3, 0.4) is 0 Å². The molecule has 0 bridgehead atoms. The standard InChI is InChI=1S/C14H13N3O4S/c1-22-11-5-3-2-4-9(11)13-16-17-14(21-13)15-12(18)10-8-19-6-7-20-10/h2-5,8H,6-7H2,1H3,(H,15,17,18). The Morgan fingerprint density at radius 3 is 2.91 bits per heavy atom. The van der Waals surface area contributed by atoms with Crippen LogP contribution in [-0.2, 0) is 14.3 Å². The zero-order valence-corrected chi connectivity index (χ0v) is 12.6. The minimum Gasteiger partial charge on any atom is -0.494 e. The number of hydrogen-bond donors (Lipinski definition) is 1. The number of ether oxygens (including phenoxy) is 2. The van der Waals surface area contributed by atoms with E-state index < -0.39 is 5.91 Å². The zero-order chi connectivity index (χ0) is 15.4. The monoisotopic (exact) mass is 319 g/mol. The lowest BCUT2D eigenvalue weighted by molar-refractivity contribution is -0.117. The normalized spacial score (nSPS) is 13.8. The van der Waals surface area contributed by atoms with E-state index in [-0.39, 0.29) is 11.8 Å². The van der Waals surface area contributed by atoms with Crippen LogP contribution < -0.4 is 5.32 Å². The van der Waals surface area contributed by atoms with Gasteiger partial charge in [-0.2, -0.15) is 0 Å². The van der Waals surface area contributed by atoms with E-state index in [1.165, 1.54) is 6.26 Å². The third-order valence-corrected chi connectivity index (χ3v) is 3.65. The second-order valence-corrected chi connectivity index (χ2v) is 5.12. The van der Waals surface area contributed by atoms with Crippen molar-refractivity contribution < 1.29 is 18.7 Å². The number of nitrogens with one attached hydrogen (secondary N) is 1. The summed E-state index contributed by atoms with van der Waals surface area (Å²) in [5.74, 6) is -0.0707. The van der Waals surface area contributed by atoms with Crippen molar-refractivity contribution in [2.45, 2.75) is 4.90 Å². The lowest BCUT2D eigenvalue weighted by Crippen LogP contribution is -2.21. The summed E-state index contributed by atoms with van der Waals surface area (Å²) >= 11 is 1.58. The molecule has 22 heavy (non-hydrogen) atoms. The number of benzene rings is 1. The van der Waals surface area contributed by atoms with Crippen LogP contribution in [0.4, 0.5) is 6.01 Å². The smallest absolute Gasteiger partial charge is 0.322 e. The molecule has 1 aliphatic rings. The van der Waals surface area contributed by atoms with E-state index in [1.807, 2.05) is 30.5 Å². The van der Waals surface area contributed by atoms with Crippen molar-refractivity contribution in [3.05, 3.63) is 36.3 Å². The van der Waals surface area contributed by atoms with Gasteiger partial charge in [-0.15, -0.1) is 16.9 Å². The van der Waals surface area contributed by atoms with Crippen LogP contribution in [0.2, 0.25) is 0 Å². The Morgan fingerprint density at radius 2 is 2.14 bits per heavy atom. The van der Waals surface area contributed by atoms with Crippen LogP contribution >= 0.6 is 11.8 Å². The summed E-state index contributed by atoms with van der Waals surface area (Å²) in [7, 11) is 0. The predicted octanol–water partition coefficient (Wildman–Crippen LogP) is 2.29. The topological polar surface area (TPSA) is 86.5 Å². The van der Waals surface area contributed by atoms with Crippen molar-refractivity contribution >= 4 is 23.7 Å². The van der Waals surface area contributed by atoms with Crippen LogP contribution in [-0.4, -0.2) is 35.6 Å². The summed E-state index contributed by atoms with van der Waals surface area (Å²) in [6.07, 6.45) is 3.23. The molecule has 0 radical (unpaired) electrons. The number of thioether (sulfide) groups is 1. The Bertz CT molecular complexity index is 714. The Kier molecular flexibility index (Phi) is 4.29. The van der Waals surface area contributed by atoms with Gasteiger partial charge in [0.2, 0.25) is 5.76 Å². The fraction of sp³-hybridized carbons (Fsp3) is 0.214. The second kappa shape index (κ2) is 6.52. The SMILES string of the molecule is CSc1ccccc1-c1nnc(NC(=O)C2=COCCO2)o1. The van der Waals surface area contributed by atoms with Crippen molar-refractivity contribution in [2.24, 2.45) is 0 Å². The molecule has 1 aromatic heterocycles. The van der Waals surface area contributed by atoms with Gasteiger partial charge < -0.3 is 13.9 Å². The fourth-order valence-corrected chi connectivity index (χ4v) is 2.44. The molecule has 1 aromatic carbocycles. The minimum absolute atomic E-state index is 0.00554. The first-order chi connectivity index (χ1) is 10.8. The Hall–Kier alpha value is -2.48. The molecule has 8 heteroatoms. The molecule has 0 spiro atoms. The first-order valence-corrected chi connectivity index (χ1v) is 7.73. The van der Waals surface area contributed by atoms with Gasteiger partial charge in [0.1, 0.15) is 19.5 Å². The Balaban J connectivity index is 1.76. The van der Waals surface area contributed by atoms with Crippen LogP contribution in [0.1, 0.15) is 0 Å². The Labute approximate surface area is 130 Å². The number of carbonyl (C=O) groups excluding carboxylic acids is 1. The minimum atomic E-state index is -0.493. The van der Waals surface area contributed by atoms with E-state index in [1.54, 1.807) is 11.8 Å². The van der Waals surface area contributed by atoms with Gasteiger partial charge in [0.15, 0.2) is 0 Å². The van der Waals surface area contributed by atoms with Crippen molar-refractivity contribution in [2.75, 3.05) is 24.8 Å². The highest BCUT2D eigenvalue weighted by Crippen LogP contribution is 2.29. The third-order valence-electron chi connectivity index (χ3n) is 2.86. The molecule has 1 N–H and O–H groups in total. The van der Waals surface area contributed by atoms with E-state index in [0.717, 1.165) is 10.5 Å².